The number of hydrogen-bond donors (Lipinski definition) is 2. The van der Waals surface area contributed by atoms with Crippen LogP contribution in [0.2, 0.25) is 0 Å². The van der Waals surface area contributed by atoms with Crippen molar-refractivity contribution < 1.29 is 18.6 Å². The van der Waals surface area contributed by atoms with Crippen molar-refractivity contribution >= 4 is 10.0 Å². The van der Waals surface area contributed by atoms with Gasteiger partial charge in [0, 0.05) is 25.6 Å². The van der Waals surface area contributed by atoms with Crippen molar-refractivity contribution in [3.63, 3.8) is 0 Å². The van der Waals surface area contributed by atoms with Gasteiger partial charge in [0.1, 0.15) is 0 Å². The third-order valence-corrected chi connectivity index (χ3v) is 4.61. The predicted molar refractivity (Wildman–Crippen MR) is 76.7 cm³/mol. The molecule has 0 spiro atoms. The van der Waals surface area contributed by atoms with Gasteiger partial charge in [0.2, 0.25) is 10.0 Å². The number of nitrogens with zero attached hydrogens (tertiary/aromatic N) is 1. The van der Waals surface area contributed by atoms with E-state index >= 15 is 0 Å². The Labute approximate surface area is 119 Å². The first-order valence-electron chi connectivity index (χ1n) is 6.21. The highest BCUT2D eigenvalue weighted by Crippen LogP contribution is 2.20. The number of hydrogen-bond acceptors (Lipinski definition) is 4. The van der Waals surface area contributed by atoms with Gasteiger partial charge in [-0.15, -0.1) is 0 Å². The van der Waals surface area contributed by atoms with E-state index < -0.39 is 10.0 Å². The minimum Gasteiger partial charge on any atom is -0.395 e. The van der Waals surface area contributed by atoms with Crippen LogP contribution in [0.25, 0.3) is 0 Å². The maximum Gasteiger partial charge on any atom is 0.244 e. The Bertz CT molecular complexity index is 614. The van der Waals surface area contributed by atoms with Gasteiger partial charge in [0.25, 0.3) is 0 Å². The molecule has 1 rings (SSSR count). The molecule has 20 heavy (non-hydrogen) atoms. The molecule has 1 aromatic carbocycles. The van der Waals surface area contributed by atoms with Crippen molar-refractivity contribution in [1.82, 2.24) is 4.31 Å². The van der Waals surface area contributed by atoms with Gasteiger partial charge in [-0.3, -0.25) is 0 Å². The zero-order valence-corrected chi connectivity index (χ0v) is 12.4. The summed E-state index contributed by atoms with van der Waals surface area (Å²) in [6.07, 6.45) is 0.292. The van der Waals surface area contributed by atoms with Gasteiger partial charge in [-0.1, -0.05) is 17.9 Å². The molecular formula is C14H19NO4S. The monoisotopic (exact) mass is 297 g/mol. The van der Waals surface area contributed by atoms with Crippen LogP contribution in [0.15, 0.2) is 23.1 Å². The van der Waals surface area contributed by atoms with Crippen molar-refractivity contribution in [2.75, 3.05) is 26.8 Å². The zero-order valence-electron chi connectivity index (χ0n) is 11.6. The van der Waals surface area contributed by atoms with Crippen molar-refractivity contribution in [2.45, 2.75) is 18.2 Å². The summed E-state index contributed by atoms with van der Waals surface area (Å²) in [5.41, 5.74) is 1.31. The molecule has 0 saturated carbocycles. The Morgan fingerprint density at radius 2 is 1.95 bits per heavy atom. The normalized spacial score (nSPS) is 11.2. The molecule has 5 nitrogen and oxygen atoms in total. The van der Waals surface area contributed by atoms with Crippen molar-refractivity contribution in [3.05, 3.63) is 29.3 Å². The van der Waals surface area contributed by atoms with E-state index in [0.29, 0.717) is 12.0 Å². The van der Waals surface area contributed by atoms with Crippen LogP contribution in [-0.2, 0) is 10.0 Å². The van der Waals surface area contributed by atoms with Crippen LogP contribution in [0.5, 0.6) is 0 Å². The summed E-state index contributed by atoms with van der Waals surface area (Å²) in [6.45, 7) is 1.57. The Morgan fingerprint density at radius 1 is 1.25 bits per heavy atom. The molecule has 0 bridgehead atoms. The highest BCUT2D eigenvalue weighted by Gasteiger charge is 2.22. The summed E-state index contributed by atoms with van der Waals surface area (Å²) >= 11 is 0. The quantitative estimate of drug-likeness (QED) is 0.768. The summed E-state index contributed by atoms with van der Waals surface area (Å²) in [6, 6.07) is 4.92. The molecule has 0 aliphatic carbocycles. The smallest absolute Gasteiger partial charge is 0.244 e. The van der Waals surface area contributed by atoms with Crippen LogP contribution in [0, 0.1) is 18.8 Å². The first kappa shape index (κ1) is 16.7. The molecule has 110 valence electrons. The van der Waals surface area contributed by atoms with Crippen molar-refractivity contribution in [3.8, 4) is 11.8 Å². The molecule has 1 aromatic rings. The number of aryl methyl sites for hydroxylation is 1. The summed E-state index contributed by atoms with van der Waals surface area (Å²) in [5.74, 6) is 5.51. The molecule has 0 radical (unpaired) electrons. The van der Waals surface area contributed by atoms with E-state index in [2.05, 4.69) is 11.8 Å². The second kappa shape index (κ2) is 7.41. The van der Waals surface area contributed by atoms with E-state index in [4.69, 9.17) is 10.2 Å². The Balaban J connectivity index is 3.28. The molecule has 2 N–H and O–H groups in total. The van der Waals surface area contributed by atoms with Crippen LogP contribution in [0.3, 0.4) is 0 Å². The number of sulfonamides is 1. The zero-order chi connectivity index (χ0) is 15.2. The number of benzene rings is 1. The van der Waals surface area contributed by atoms with Crippen LogP contribution in [-0.4, -0.2) is 49.7 Å². The standard InChI is InChI=1S/C14H19NO4S/c1-12-6-7-14(13(11-12)5-3-4-9-16)20(18,19)15(2)8-10-17/h6-7,11,16-17H,4,8-10H2,1-2H3. The van der Waals surface area contributed by atoms with Crippen molar-refractivity contribution in [1.29, 1.82) is 0 Å². The van der Waals surface area contributed by atoms with E-state index in [0.717, 1.165) is 9.87 Å². The SMILES string of the molecule is Cc1ccc(S(=O)(=O)N(C)CCO)c(C#CCCO)c1. The van der Waals surface area contributed by atoms with E-state index in [1.807, 2.05) is 6.92 Å². The first-order valence-corrected chi connectivity index (χ1v) is 7.65. The minimum absolute atomic E-state index is 0.0275. The van der Waals surface area contributed by atoms with E-state index in [9.17, 15) is 8.42 Å². The third-order valence-electron chi connectivity index (χ3n) is 2.70. The molecule has 0 saturated heterocycles. The van der Waals surface area contributed by atoms with Crippen LogP contribution in [0.1, 0.15) is 17.5 Å². The third kappa shape index (κ3) is 4.05. The first-order chi connectivity index (χ1) is 9.43. The maximum atomic E-state index is 12.4. The molecule has 0 unspecified atom stereocenters. The molecule has 6 heteroatoms. The van der Waals surface area contributed by atoms with E-state index in [1.54, 1.807) is 12.1 Å². The Hall–Kier alpha value is -1.39. The second-order valence-electron chi connectivity index (χ2n) is 4.33. The molecule has 0 aliphatic heterocycles. The molecule has 0 amide bonds. The summed E-state index contributed by atoms with van der Waals surface area (Å²) < 4.78 is 25.9. The molecule has 0 atom stereocenters. The minimum atomic E-state index is -3.68. The summed E-state index contributed by atoms with van der Waals surface area (Å²) in [4.78, 5) is 0.115. The van der Waals surface area contributed by atoms with Crippen LogP contribution >= 0.6 is 0 Å². The van der Waals surface area contributed by atoms with Gasteiger partial charge in [0.05, 0.1) is 18.1 Å². The average molecular weight is 297 g/mol. The second-order valence-corrected chi connectivity index (χ2v) is 6.34. The summed E-state index contributed by atoms with van der Waals surface area (Å²) in [7, 11) is -2.26. The molecule has 0 heterocycles. The molecular weight excluding hydrogens is 278 g/mol. The highest BCUT2D eigenvalue weighted by atomic mass is 32.2. The lowest BCUT2D eigenvalue weighted by molar-refractivity contribution is 0.266. The van der Waals surface area contributed by atoms with Gasteiger partial charge in [-0.05, 0) is 24.6 Å². The fourth-order valence-corrected chi connectivity index (χ4v) is 2.89. The Morgan fingerprint density at radius 3 is 2.55 bits per heavy atom. The predicted octanol–water partition coefficient (Wildman–Crippen LogP) is 0.342. The van der Waals surface area contributed by atoms with Gasteiger partial charge in [0.15, 0.2) is 0 Å². The van der Waals surface area contributed by atoms with E-state index in [-0.39, 0.29) is 24.7 Å². The van der Waals surface area contributed by atoms with Gasteiger partial charge in [-0.25, -0.2) is 8.42 Å². The lowest BCUT2D eigenvalue weighted by atomic mass is 10.1. The molecule has 0 aliphatic rings. The van der Waals surface area contributed by atoms with Gasteiger partial charge in [-0.2, -0.15) is 4.31 Å². The highest BCUT2D eigenvalue weighted by molar-refractivity contribution is 7.89. The lowest BCUT2D eigenvalue weighted by Gasteiger charge is -2.17. The lowest BCUT2D eigenvalue weighted by Crippen LogP contribution is -2.30. The van der Waals surface area contributed by atoms with Gasteiger partial charge >= 0.3 is 0 Å². The Kier molecular flexibility index (Phi) is 6.17. The van der Waals surface area contributed by atoms with E-state index in [1.165, 1.54) is 13.1 Å². The average Bonchev–Trinajstić information content (AvgIpc) is 2.39. The largest absolute Gasteiger partial charge is 0.395 e. The molecule has 0 aromatic heterocycles. The topological polar surface area (TPSA) is 77.8 Å². The number of rotatable bonds is 5. The molecule has 0 fully saturated rings. The summed E-state index contributed by atoms with van der Waals surface area (Å²) in [5, 5.41) is 17.6. The number of aliphatic hydroxyl groups is 2. The van der Waals surface area contributed by atoms with Crippen molar-refractivity contribution in [2.24, 2.45) is 0 Å². The van der Waals surface area contributed by atoms with Crippen LogP contribution < -0.4 is 0 Å². The number of likely N-dealkylation sites (N-methyl/N-ethyl adjacent to an activating group) is 1. The van der Waals surface area contributed by atoms with Gasteiger partial charge < -0.3 is 10.2 Å². The number of aliphatic hydroxyl groups excluding tert-OH is 2. The fraction of sp³-hybridized carbons (Fsp3) is 0.429. The maximum absolute atomic E-state index is 12.4. The van der Waals surface area contributed by atoms with Crippen LogP contribution in [0.4, 0.5) is 0 Å². The fourth-order valence-electron chi connectivity index (χ4n) is 1.61.